The molecular formula is C23H28N2O5S. The van der Waals surface area contributed by atoms with Crippen molar-refractivity contribution in [1.29, 1.82) is 0 Å². The number of carbonyl (C=O) groups is 3. The van der Waals surface area contributed by atoms with Crippen LogP contribution in [0.3, 0.4) is 0 Å². The van der Waals surface area contributed by atoms with Crippen LogP contribution in [0.2, 0.25) is 0 Å². The van der Waals surface area contributed by atoms with E-state index in [2.05, 4.69) is 15.4 Å². The zero-order valence-electron chi connectivity index (χ0n) is 18.1. The summed E-state index contributed by atoms with van der Waals surface area (Å²) in [5, 5.41) is 14.7. The maximum atomic E-state index is 12.4. The standard InChI is InChI=1S/C23H28N2O5S/c1-23(2,3)22(29)25-17-10-5-6-11-19(17)31-14-15-8-7-9-16(12-15)20(27)24-18(13-26)21(28)30-4/h5-12,18,26H,13-14H2,1-4H3,(H,24,27)(H,25,29). The van der Waals surface area contributed by atoms with Gasteiger partial charge in [0.15, 0.2) is 6.04 Å². The molecular weight excluding hydrogens is 416 g/mol. The molecule has 0 heterocycles. The van der Waals surface area contributed by atoms with E-state index in [1.165, 1.54) is 18.9 Å². The van der Waals surface area contributed by atoms with E-state index in [1.54, 1.807) is 18.2 Å². The molecule has 31 heavy (non-hydrogen) atoms. The van der Waals surface area contributed by atoms with E-state index in [-0.39, 0.29) is 5.91 Å². The molecule has 2 aromatic carbocycles. The maximum absolute atomic E-state index is 12.4. The highest BCUT2D eigenvalue weighted by Gasteiger charge is 2.22. The molecule has 0 aromatic heterocycles. The van der Waals surface area contributed by atoms with Crippen LogP contribution in [0.15, 0.2) is 53.4 Å². The Balaban J connectivity index is 2.08. The average Bonchev–Trinajstić information content (AvgIpc) is 2.75. The summed E-state index contributed by atoms with van der Waals surface area (Å²) in [5.41, 5.74) is 1.50. The Kier molecular flexibility index (Phi) is 8.65. The number of carbonyl (C=O) groups excluding carboxylic acids is 3. The molecule has 0 saturated heterocycles. The summed E-state index contributed by atoms with van der Waals surface area (Å²) in [7, 11) is 1.19. The number of aliphatic hydroxyl groups excluding tert-OH is 1. The number of anilines is 1. The molecule has 0 aliphatic rings. The molecule has 0 radical (unpaired) electrons. The van der Waals surface area contributed by atoms with Gasteiger partial charge < -0.3 is 20.5 Å². The van der Waals surface area contributed by atoms with Crippen molar-refractivity contribution in [3.63, 3.8) is 0 Å². The lowest BCUT2D eigenvalue weighted by molar-refractivity contribution is -0.143. The van der Waals surface area contributed by atoms with Crippen molar-refractivity contribution in [2.45, 2.75) is 37.5 Å². The van der Waals surface area contributed by atoms with E-state index in [0.29, 0.717) is 11.3 Å². The third-order valence-electron chi connectivity index (χ3n) is 4.37. The minimum atomic E-state index is -1.12. The van der Waals surface area contributed by atoms with Crippen LogP contribution in [-0.2, 0) is 20.1 Å². The summed E-state index contributed by atoms with van der Waals surface area (Å²) in [6, 6.07) is 13.5. The monoisotopic (exact) mass is 444 g/mol. The highest BCUT2D eigenvalue weighted by Crippen LogP contribution is 2.31. The molecule has 0 fully saturated rings. The van der Waals surface area contributed by atoms with Crippen molar-refractivity contribution in [3.05, 3.63) is 59.7 Å². The zero-order valence-corrected chi connectivity index (χ0v) is 18.9. The first kappa shape index (κ1) is 24.4. The van der Waals surface area contributed by atoms with E-state index in [4.69, 9.17) is 0 Å². The molecule has 2 aromatic rings. The summed E-state index contributed by atoms with van der Waals surface area (Å²) < 4.78 is 4.56. The molecule has 3 N–H and O–H groups in total. The minimum Gasteiger partial charge on any atom is -0.467 e. The third kappa shape index (κ3) is 7.11. The third-order valence-corrected chi connectivity index (χ3v) is 5.52. The first-order valence-electron chi connectivity index (χ1n) is 9.77. The molecule has 0 saturated carbocycles. The highest BCUT2D eigenvalue weighted by molar-refractivity contribution is 7.98. The summed E-state index contributed by atoms with van der Waals surface area (Å²) >= 11 is 1.54. The van der Waals surface area contributed by atoms with Crippen LogP contribution in [0.25, 0.3) is 0 Å². The predicted octanol–water partition coefficient (Wildman–Crippen LogP) is 3.23. The Labute approximate surface area is 186 Å². The lowest BCUT2D eigenvalue weighted by atomic mass is 9.95. The molecule has 0 aliphatic carbocycles. The number of para-hydroxylation sites is 1. The Morgan fingerprint density at radius 2 is 1.81 bits per heavy atom. The highest BCUT2D eigenvalue weighted by atomic mass is 32.2. The number of hydrogen-bond acceptors (Lipinski definition) is 6. The number of benzene rings is 2. The van der Waals surface area contributed by atoms with E-state index >= 15 is 0 Å². The number of rotatable bonds is 8. The number of amides is 2. The quantitative estimate of drug-likeness (QED) is 0.427. The predicted molar refractivity (Wildman–Crippen MR) is 121 cm³/mol. The fourth-order valence-corrected chi connectivity index (χ4v) is 3.48. The summed E-state index contributed by atoms with van der Waals surface area (Å²) in [5.74, 6) is -0.682. The van der Waals surface area contributed by atoms with Crippen LogP contribution < -0.4 is 10.6 Å². The van der Waals surface area contributed by atoms with Crippen LogP contribution in [0.4, 0.5) is 5.69 Å². The van der Waals surface area contributed by atoms with Crippen LogP contribution in [0, 0.1) is 5.41 Å². The van der Waals surface area contributed by atoms with Crippen molar-refractivity contribution >= 4 is 35.2 Å². The number of aliphatic hydroxyl groups is 1. The van der Waals surface area contributed by atoms with Crippen molar-refractivity contribution in [3.8, 4) is 0 Å². The van der Waals surface area contributed by atoms with E-state index in [0.717, 1.165) is 16.1 Å². The molecule has 0 aliphatic heterocycles. The minimum absolute atomic E-state index is 0.0664. The smallest absolute Gasteiger partial charge is 0.330 e. The molecule has 0 spiro atoms. The van der Waals surface area contributed by atoms with Gasteiger partial charge >= 0.3 is 5.97 Å². The number of thioether (sulfide) groups is 1. The van der Waals surface area contributed by atoms with Crippen LogP contribution >= 0.6 is 11.8 Å². The molecule has 8 heteroatoms. The number of esters is 1. The lowest BCUT2D eigenvalue weighted by Crippen LogP contribution is -2.44. The molecule has 166 valence electrons. The van der Waals surface area contributed by atoms with Gasteiger partial charge in [-0.2, -0.15) is 0 Å². The van der Waals surface area contributed by atoms with E-state index in [9.17, 15) is 19.5 Å². The Hall–Kier alpha value is -2.84. The van der Waals surface area contributed by atoms with Gasteiger partial charge in [0, 0.05) is 21.6 Å². The molecule has 1 atom stereocenters. The number of nitrogens with one attached hydrogen (secondary N) is 2. The van der Waals surface area contributed by atoms with Crippen molar-refractivity contribution < 1.29 is 24.2 Å². The van der Waals surface area contributed by atoms with Gasteiger partial charge in [-0.15, -0.1) is 11.8 Å². The average molecular weight is 445 g/mol. The van der Waals surface area contributed by atoms with E-state index in [1.807, 2.05) is 51.1 Å². The molecule has 2 amide bonds. The fraction of sp³-hybridized carbons (Fsp3) is 0.348. The van der Waals surface area contributed by atoms with Crippen LogP contribution in [0.1, 0.15) is 36.7 Å². The van der Waals surface area contributed by atoms with Gasteiger partial charge in [0.25, 0.3) is 5.91 Å². The summed E-state index contributed by atoms with van der Waals surface area (Å²) in [6.07, 6.45) is 0. The normalized spacial score (nSPS) is 12.0. The van der Waals surface area contributed by atoms with Gasteiger partial charge in [-0.3, -0.25) is 9.59 Å². The van der Waals surface area contributed by atoms with Gasteiger partial charge in [-0.05, 0) is 29.8 Å². The van der Waals surface area contributed by atoms with Gasteiger partial charge in [-0.25, -0.2) is 4.79 Å². The largest absolute Gasteiger partial charge is 0.467 e. The number of hydrogen-bond donors (Lipinski definition) is 3. The molecule has 1 unspecified atom stereocenters. The first-order chi connectivity index (χ1) is 14.7. The fourth-order valence-electron chi connectivity index (χ4n) is 2.53. The van der Waals surface area contributed by atoms with Crippen molar-refractivity contribution in [1.82, 2.24) is 5.32 Å². The molecule has 0 bridgehead atoms. The van der Waals surface area contributed by atoms with Crippen LogP contribution in [0.5, 0.6) is 0 Å². The topological polar surface area (TPSA) is 105 Å². The zero-order chi connectivity index (χ0) is 23.0. The van der Waals surface area contributed by atoms with Crippen molar-refractivity contribution in [2.75, 3.05) is 19.0 Å². The second-order valence-corrected chi connectivity index (χ2v) is 8.94. The molecule has 2 rings (SSSR count). The summed E-state index contributed by atoms with van der Waals surface area (Å²) in [4.78, 5) is 37.3. The Morgan fingerprint density at radius 3 is 2.45 bits per heavy atom. The van der Waals surface area contributed by atoms with Gasteiger partial charge in [0.1, 0.15) is 0 Å². The van der Waals surface area contributed by atoms with Crippen molar-refractivity contribution in [2.24, 2.45) is 5.41 Å². The second kappa shape index (κ2) is 11.0. The number of ether oxygens (including phenoxy) is 1. The Bertz CT molecular complexity index is 940. The van der Waals surface area contributed by atoms with Gasteiger partial charge in [0.2, 0.25) is 5.91 Å². The lowest BCUT2D eigenvalue weighted by Gasteiger charge is -2.19. The summed E-state index contributed by atoms with van der Waals surface area (Å²) in [6.45, 7) is 5.02. The second-order valence-electron chi connectivity index (χ2n) is 7.92. The Morgan fingerprint density at radius 1 is 1.10 bits per heavy atom. The van der Waals surface area contributed by atoms with Gasteiger partial charge in [0.05, 0.1) is 19.4 Å². The van der Waals surface area contributed by atoms with E-state index < -0.39 is 29.9 Å². The molecule has 7 nitrogen and oxygen atoms in total. The van der Waals surface area contributed by atoms with Crippen LogP contribution in [-0.4, -0.2) is 42.6 Å². The SMILES string of the molecule is COC(=O)C(CO)NC(=O)c1cccc(CSc2ccccc2NC(=O)C(C)(C)C)c1. The van der Waals surface area contributed by atoms with Gasteiger partial charge in [-0.1, -0.05) is 45.0 Å². The first-order valence-corrected chi connectivity index (χ1v) is 10.8. The maximum Gasteiger partial charge on any atom is 0.330 e. The number of methoxy groups -OCH3 is 1.